The molecular formula is C58H57Cl8N5O10. The van der Waals surface area contributed by atoms with Gasteiger partial charge >= 0.3 is 17.9 Å². The van der Waals surface area contributed by atoms with Crippen LogP contribution in [0.4, 0.5) is 11.4 Å². The van der Waals surface area contributed by atoms with Gasteiger partial charge in [0.1, 0.15) is 18.1 Å². The summed E-state index contributed by atoms with van der Waals surface area (Å²) in [7, 11) is 1.33. The molecule has 15 nitrogen and oxygen atoms in total. The van der Waals surface area contributed by atoms with Crippen LogP contribution in [0, 0.1) is 0 Å². The lowest BCUT2D eigenvalue weighted by Gasteiger charge is -2.42. The third-order valence-corrected chi connectivity index (χ3v) is 16.5. The molecule has 0 aromatic heterocycles. The molecule has 0 unspecified atom stereocenters. The molecular weight excluding hydrogens is 1210 g/mol. The smallest absolute Gasteiger partial charge is 0.337 e. The Kier molecular flexibility index (Phi) is 22.7. The fraction of sp³-hybridized carbons (Fsp3) is 0.362. The summed E-state index contributed by atoms with van der Waals surface area (Å²) in [4.78, 5) is 94.4. The topological polar surface area (TPSA) is 185 Å². The van der Waals surface area contributed by atoms with Crippen LogP contribution in [-0.2, 0) is 19.1 Å². The summed E-state index contributed by atoms with van der Waals surface area (Å²) in [6.07, 6.45) is 9.33. The Labute approximate surface area is 509 Å². The Morgan fingerprint density at radius 1 is 0.444 bits per heavy atom. The molecule has 3 atom stereocenters. The minimum atomic E-state index is -1.07. The summed E-state index contributed by atoms with van der Waals surface area (Å²) in [6.45, 7) is 2.96. The van der Waals surface area contributed by atoms with Crippen molar-refractivity contribution in [1.29, 1.82) is 0 Å². The van der Waals surface area contributed by atoms with Crippen LogP contribution in [0.2, 0.25) is 40.2 Å². The number of hydrogen-bond donors (Lipinski definition) is 2. The van der Waals surface area contributed by atoms with Crippen LogP contribution in [0.3, 0.4) is 0 Å². The number of carbonyl (C=O) groups is 7. The molecule has 0 spiro atoms. The van der Waals surface area contributed by atoms with E-state index in [2.05, 4.69) is 11.0 Å². The van der Waals surface area contributed by atoms with Gasteiger partial charge in [-0.3, -0.25) is 19.2 Å². The molecule has 430 valence electrons. The van der Waals surface area contributed by atoms with Crippen LogP contribution in [0.1, 0.15) is 112 Å². The number of hydrogen-bond acceptors (Lipinski definition) is 9. The standard InChI is InChI=1S/C24H25Cl2N3O2.C14H15Cl2NO3.C13H13Cl2NO3.C7H4Cl2O2/c25-16-8-11-19(26)18(15-16)23(30)28-12-4-3-7-22(28)24(31)29-14-13-27(17-9-10-17)20-5-1-2-6-21(20)29;1-20-14(19)12-4-2-3-7-17(12)13(18)10-8-9(15)5-6-11(10)16;14-8-4-5-10(15)9(7-8)12(17)16-6-2-1-3-11(16)13(18)19;8-4-1-2-6(9)5(3-4)7(10)11/h1-2,5-6,8,11,15,17,22H,3-4,7,9-10,12-14H2;5-6,8,12H,2-4,7H2,1H3;4-5,7,11H,1-3,6H2,(H,18,19);1-3H,(H,10,11)/t22-;12-;11-;/m000./s1. The second-order valence-corrected chi connectivity index (χ2v) is 23.0. The van der Waals surface area contributed by atoms with Crippen molar-refractivity contribution in [2.45, 2.75) is 94.8 Å². The predicted molar refractivity (Wildman–Crippen MR) is 318 cm³/mol. The molecule has 5 aliphatic rings. The summed E-state index contributed by atoms with van der Waals surface area (Å²) >= 11 is 47.3. The first-order valence-corrected chi connectivity index (χ1v) is 29.2. The molecule has 0 bridgehead atoms. The van der Waals surface area contributed by atoms with Crippen molar-refractivity contribution in [2.75, 3.05) is 49.6 Å². The number of para-hydroxylation sites is 2. The van der Waals surface area contributed by atoms with Crippen LogP contribution in [-0.4, -0.2) is 130 Å². The number of benzene rings is 5. The Balaban J connectivity index is 0.000000166. The Hall–Kier alpha value is -5.49. The first-order valence-electron chi connectivity index (χ1n) is 26.1. The van der Waals surface area contributed by atoms with Crippen molar-refractivity contribution in [3.05, 3.63) is 159 Å². The molecule has 4 amide bonds. The highest BCUT2D eigenvalue weighted by molar-refractivity contribution is 6.38. The molecule has 5 aromatic carbocycles. The van der Waals surface area contributed by atoms with E-state index in [4.69, 9.17) is 103 Å². The van der Waals surface area contributed by atoms with Crippen molar-refractivity contribution in [3.63, 3.8) is 0 Å². The van der Waals surface area contributed by atoms with Gasteiger partial charge in [-0.25, -0.2) is 14.4 Å². The third-order valence-electron chi connectivity index (χ3n) is 14.3. The molecule has 3 saturated heterocycles. The van der Waals surface area contributed by atoms with Crippen molar-refractivity contribution < 1.29 is 48.5 Å². The van der Waals surface area contributed by atoms with Gasteiger partial charge in [0.25, 0.3) is 17.7 Å². The van der Waals surface area contributed by atoms with E-state index in [0.29, 0.717) is 92.7 Å². The van der Waals surface area contributed by atoms with Crippen LogP contribution in [0.5, 0.6) is 0 Å². The van der Waals surface area contributed by atoms with E-state index in [1.54, 1.807) is 41.3 Å². The quantitative estimate of drug-likeness (QED) is 0.141. The van der Waals surface area contributed by atoms with E-state index in [0.717, 1.165) is 56.4 Å². The van der Waals surface area contributed by atoms with Crippen LogP contribution in [0.25, 0.3) is 0 Å². The Morgan fingerprint density at radius 2 is 0.827 bits per heavy atom. The molecule has 23 heteroatoms. The SMILES string of the molecule is COC(=O)[C@@H]1CCCCN1C(=O)c1cc(Cl)ccc1Cl.O=C(O)[C@@H]1CCCCN1C(=O)c1cc(Cl)ccc1Cl.O=C(O)c1cc(Cl)ccc1Cl.O=C([C@@H]1CCCCN1C(=O)c1cc(Cl)ccc1Cl)N1CCN(C2CC2)c2ccccc21. The van der Waals surface area contributed by atoms with Crippen LogP contribution >= 0.6 is 92.8 Å². The fourth-order valence-corrected chi connectivity index (χ4v) is 11.6. The molecule has 4 aliphatic heterocycles. The number of anilines is 2. The molecule has 81 heavy (non-hydrogen) atoms. The highest BCUT2D eigenvalue weighted by Gasteiger charge is 2.41. The molecule has 5 aromatic rings. The molecule has 1 aliphatic carbocycles. The van der Waals surface area contributed by atoms with Crippen molar-refractivity contribution in [1.82, 2.24) is 14.7 Å². The van der Waals surface area contributed by atoms with Gasteiger partial charge in [-0.2, -0.15) is 0 Å². The number of rotatable bonds is 8. The Morgan fingerprint density at radius 3 is 1.23 bits per heavy atom. The van der Waals surface area contributed by atoms with Gasteiger partial charge in [0.05, 0.1) is 60.8 Å². The number of amides is 4. The number of aromatic carboxylic acids is 1. The zero-order valence-corrected chi connectivity index (χ0v) is 49.8. The van der Waals surface area contributed by atoms with Crippen LogP contribution in [0.15, 0.2) is 97.1 Å². The van der Waals surface area contributed by atoms with Gasteiger partial charge < -0.3 is 39.4 Å². The lowest BCUT2D eigenvalue weighted by molar-refractivity contribution is -0.147. The average molecular weight is 1270 g/mol. The van der Waals surface area contributed by atoms with E-state index >= 15 is 0 Å². The molecule has 1 saturated carbocycles. The van der Waals surface area contributed by atoms with E-state index < -0.39 is 36.0 Å². The number of halogens is 8. The normalized spacial score (nSPS) is 18.5. The summed E-state index contributed by atoms with van der Waals surface area (Å²) < 4.78 is 4.77. The number of likely N-dealkylation sites (tertiary alicyclic amines) is 3. The van der Waals surface area contributed by atoms with Crippen molar-refractivity contribution in [2.24, 2.45) is 0 Å². The van der Waals surface area contributed by atoms with Gasteiger partial charge in [-0.1, -0.05) is 105 Å². The lowest BCUT2D eigenvalue weighted by Crippen LogP contribution is -2.55. The highest BCUT2D eigenvalue weighted by atomic mass is 35.5. The number of methoxy groups -OCH3 is 1. The van der Waals surface area contributed by atoms with Crippen molar-refractivity contribution >= 4 is 146 Å². The second kappa shape index (κ2) is 29.2. The minimum absolute atomic E-state index is 0.00547. The average Bonchev–Trinajstić information content (AvgIpc) is 4.40. The molecule has 2 N–H and O–H groups in total. The molecule has 10 rings (SSSR count). The second-order valence-electron chi connectivity index (χ2n) is 19.6. The lowest BCUT2D eigenvalue weighted by atomic mass is 9.98. The number of carboxylic acid groups (broad SMARTS) is 2. The number of nitrogens with zero attached hydrogens (tertiary/aromatic N) is 5. The maximum absolute atomic E-state index is 13.8. The number of fused-ring (bicyclic) bond motifs is 1. The minimum Gasteiger partial charge on any atom is -0.480 e. The number of ether oxygens (including phenoxy) is 1. The Bertz CT molecular complexity index is 3170. The van der Waals surface area contributed by atoms with Gasteiger partial charge in [0.2, 0.25) is 5.91 Å². The van der Waals surface area contributed by atoms with E-state index in [1.807, 2.05) is 23.1 Å². The number of esters is 1. The van der Waals surface area contributed by atoms with Gasteiger partial charge in [-0.05, 0) is 156 Å². The largest absolute Gasteiger partial charge is 0.480 e. The maximum Gasteiger partial charge on any atom is 0.337 e. The monoisotopic (exact) mass is 1260 g/mol. The van der Waals surface area contributed by atoms with Crippen molar-refractivity contribution in [3.8, 4) is 0 Å². The van der Waals surface area contributed by atoms with Gasteiger partial charge in [0.15, 0.2) is 0 Å². The summed E-state index contributed by atoms with van der Waals surface area (Å²) in [5.41, 5.74) is 3.02. The number of carbonyl (C=O) groups excluding carboxylic acids is 5. The molecule has 4 fully saturated rings. The highest BCUT2D eigenvalue weighted by Crippen LogP contribution is 2.41. The predicted octanol–water partition coefficient (Wildman–Crippen LogP) is 13.9. The van der Waals surface area contributed by atoms with Gasteiger partial charge in [0, 0.05) is 58.9 Å². The summed E-state index contributed by atoms with van der Waals surface area (Å²) in [6, 6.07) is 25.4. The zero-order valence-electron chi connectivity index (χ0n) is 43.8. The summed E-state index contributed by atoms with van der Waals surface area (Å²) in [5, 5.41) is 20.5. The number of aliphatic carboxylic acids is 1. The number of carboxylic acids is 2. The number of piperidine rings is 3. The van der Waals surface area contributed by atoms with E-state index in [9.17, 15) is 38.7 Å². The molecule has 4 heterocycles. The first-order chi connectivity index (χ1) is 38.7. The first kappa shape index (κ1) is 63.1. The fourth-order valence-electron chi connectivity index (χ4n) is 10.1. The van der Waals surface area contributed by atoms with E-state index in [-0.39, 0.29) is 44.8 Å². The zero-order chi connectivity index (χ0) is 58.7. The van der Waals surface area contributed by atoms with Crippen LogP contribution < -0.4 is 9.80 Å². The maximum atomic E-state index is 13.8. The molecule has 0 radical (unpaired) electrons. The van der Waals surface area contributed by atoms with Gasteiger partial charge in [-0.15, -0.1) is 0 Å². The van der Waals surface area contributed by atoms with E-state index in [1.165, 1.54) is 66.1 Å². The summed E-state index contributed by atoms with van der Waals surface area (Å²) in [5.74, 6) is -3.34. The third kappa shape index (κ3) is 16.0.